The molecule has 1 aliphatic rings. The van der Waals surface area contributed by atoms with E-state index in [1.54, 1.807) is 25.3 Å². The third-order valence-electron chi connectivity index (χ3n) is 5.14. The number of nitriles is 1. The van der Waals surface area contributed by atoms with Crippen LogP contribution in [-0.4, -0.2) is 34.4 Å². The SMILES string of the molecule is CC(O)c1ccc(Nc2ccnc(-c3ccc(OC4CCOCC4)c(C#N)c3)n2)cc1. The van der Waals surface area contributed by atoms with Crippen LogP contribution in [0.15, 0.2) is 54.7 Å². The second-order valence-electron chi connectivity index (χ2n) is 7.44. The Labute approximate surface area is 181 Å². The number of rotatable bonds is 6. The molecule has 2 aromatic carbocycles. The summed E-state index contributed by atoms with van der Waals surface area (Å²) in [6.45, 7) is 3.09. The van der Waals surface area contributed by atoms with Gasteiger partial charge in [0.25, 0.3) is 0 Å². The van der Waals surface area contributed by atoms with Gasteiger partial charge in [-0.1, -0.05) is 12.1 Å². The van der Waals surface area contributed by atoms with Gasteiger partial charge in [-0.15, -0.1) is 0 Å². The van der Waals surface area contributed by atoms with Gasteiger partial charge in [0, 0.05) is 30.3 Å². The predicted molar refractivity (Wildman–Crippen MR) is 117 cm³/mol. The predicted octanol–water partition coefficient (Wildman–Crippen LogP) is 4.37. The number of hydrogen-bond acceptors (Lipinski definition) is 7. The quantitative estimate of drug-likeness (QED) is 0.615. The van der Waals surface area contributed by atoms with Crippen molar-refractivity contribution in [2.24, 2.45) is 0 Å². The van der Waals surface area contributed by atoms with E-state index in [9.17, 15) is 10.4 Å². The van der Waals surface area contributed by atoms with Gasteiger partial charge in [0.05, 0.1) is 24.9 Å². The number of aromatic nitrogens is 2. The van der Waals surface area contributed by atoms with Crippen molar-refractivity contribution in [3.63, 3.8) is 0 Å². The zero-order valence-electron chi connectivity index (χ0n) is 17.3. The Kier molecular flexibility index (Phi) is 6.41. The fourth-order valence-corrected chi connectivity index (χ4v) is 3.39. The van der Waals surface area contributed by atoms with E-state index in [0.29, 0.717) is 36.2 Å². The Bertz CT molecular complexity index is 1070. The van der Waals surface area contributed by atoms with E-state index in [1.807, 2.05) is 36.4 Å². The lowest BCUT2D eigenvalue weighted by Gasteiger charge is -2.23. The number of anilines is 2. The smallest absolute Gasteiger partial charge is 0.161 e. The molecule has 1 aliphatic heterocycles. The van der Waals surface area contributed by atoms with Crippen molar-refractivity contribution in [3.05, 3.63) is 65.9 Å². The van der Waals surface area contributed by atoms with Crippen molar-refractivity contribution in [2.75, 3.05) is 18.5 Å². The fraction of sp³-hybridized carbons (Fsp3) is 0.292. The summed E-state index contributed by atoms with van der Waals surface area (Å²) >= 11 is 0. The lowest BCUT2D eigenvalue weighted by atomic mass is 10.1. The Morgan fingerprint density at radius 3 is 2.65 bits per heavy atom. The van der Waals surface area contributed by atoms with Crippen LogP contribution in [0, 0.1) is 11.3 Å². The summed E-state index contributed by atoms with van der Waals surface area (Å²) in [5.74, 6) is 1.72. The van der Waals surface area contributed by atoms with Crippen LogP contribution in [0.1, 0.15) is 37.0 Å². The van der Waals surface area contributed by atoms with Crippen molar-refractivity contribution >= 4 is 11.5 Å². The highest BCUT2D eigenvalue weighted by Gasteiger charge is 2.17. The van der Waals surface area contributed by atoms with Crippen molar-refractivity contribution < 1.29 is 14.6 Å². The summed E-state index contributed by atoms with van der Waals surface area (Å²) in [4.78, 5) is 8.94. The Balaban J connectivity index is 1.52. The molecular formula is C24H24N4O3. The number of nitrogens with one attached hydrogen (secondary N) is 1. The van der Waals surface area contributed by atoms with Crippen LogP contribution in [0.5, 0.6) is 5.75 Å². The van der Waals surface area contributed by atoms with Gasteiger partial charge >= 0.3 is 0 Å². The minimum atomic E-state index is -0.507. The van der Waals surface area contributed by atoms with Crippen LogP contribution >= 0.6 is 0 Å². The monoisotopic (exact) mass is 416 g/mol. The number of nitrogens with zero attached hydrogens (tertiary/aromatic N) is 3. The molecule has 0 aliphatic carbocycles. The van der Waals surface area contributed by atoms with Gasteiger partial charge in [0.15, 0.2) is 5.82 Å². The Morgan fingerprint density at radius 1 is 1.16 bits per heavy atom. The first-order valence-electron chi connectivity index (χ1n) is 10.3. The van der Waals surface area contributed by atoms with Crippen molar-refractivity contribution in [1.82, 2.24) is 9.97 Å². The van der Waals surface area contributed by atoms with E-state index in [2.05, 4.69) is 21.4 Å². The summed E-state index contributed by atoms with van der Waals surface area (Å²) in [5, 5.41) is 22.5. The Hall–Kier alpha value is -3.47. The number of aliphatic hydroxyl groups is 1. The summed E-state index contributed by atoms with van der Waals surface area (Å²) < 4.78 is 11.4. The lowest BCUT2D eigenvalue weighted by Crippen LogP contribution is -2.26. The molecular weight excluding hydrogens is 392 g/mol. The van der Waals surface area contributed by atoms with Crippen LogP contribution in [0.25, 0.3) is 11.4 Å². The molecule has 0 bridgehead atoms. The fourth-order valence-electron chi connectivity index (χ4n) is 3.39. The Morgan fingerprint density at radius 2 is 1.94 bits per heavy atom. The standard InChI is InChI=1S/C24H24N4O3/c1-16(29)17-2-5-20(6-3-17)27-23-8-11-26-24(28-23)18-4-7-22(19(14-18)15-25)31-21-9-12-30-13-10-21/h2-8,11,14,16,21,29H,9-10,12-13H2,1H3,(H,26,27,28). The van der Waals surface area contributed by atoms with Crippen LogP contribution in [0.3, 0.4) is 0 Å². The third-order valence-corrected chi connectivity index (χ3v) is 5.14. The molecule has 1 unspecified atom stereocenters. The highest BCUT2D eigenvalue weighted by molar-refractivity contribution is 5.64. The van der Waals surface area contributed by atoms with E-state index < -0.39 is 6.10 Å². The minimum Gasteiger partial charge on any atom is -0.489 e. The molecule has 7 nitrogen and oxygen atoms in total. The molecule has 0 saturated carbocycles. The van der Waals surface area contributed by atoms with Crippen LogP contribution in [0.4, 0.5) is 11.5 Å². The zero-order valence-corrected chi connectivity index (χ0v) is 17.3. The van der Waals surface area contributed by atoms with Crippen molar-refractivity contribution in [3.8, 4) is 23.2 Å². The maximum absolute atomic E-state index is 9.64. The molecule has 1 fully saturated rings. The normalized spacial score (nSPS) is 15.1. The van der Waals surface area contributed by atoms with E-state index in [4.69, 9.17) is 9.47 Å². The molecule has 1 atom stereocenters. The van der Waals surface area contributed by atoms with E-state index in [0.717, 1.165) is 29.7 Å². The number of hydrogen-bond donors (Lipinski definition) is 2. The molecule has 31 heavy (non-hydrogen) atoms. The second-order valence-corrected chi connectivity index (χ2v) is 7.44. The molecule has 3 aromatic rings. The van der Waals surface area contributed by atoms with Crippen LogP contribution in [0.2, 0.25) is 0 Å². The summed E-state index contributed by atoms with van der Waals surface area (Å²) in [5.41, 5.74) is 2.90. The average Bonchev–Trinajstić information content (AvgIpc) is 2.80. The molecule has 4 rings (SSSR count). The molecule has 158 valence electrons. The van der Waals surface area contributed by atoms with Gasteiger partial charge in [0.2, 0.25) is 0 Å². The minimum absolute atomic E-state index is 0.0655. The lowest BCUT2D eigenvalue weighted by molar-refractivity contribution is 0.0254. The summed E-state index contributed by atoms with van der Waals surface area (Å²) in [6.07, 6.45) is 2.87. The second kappa shape index (κ2) is 9.56. The van der Waals surface area contributed by atoms with Crippen LogP contribution < -0.4 is 10.1 Å². The van der Waals surface area contributed by atoms with E-state index >= 15 is 0 Å². The van der Waals surface area contributed by atoms with Gasteiger partial charge in [-0.3, -0.25) is 0 Å². The molecule has 1 aromatic heterocycles. The number of ether oxygens (including phenoxy) is 2. The van der Waals surface area contributed by atoms with E-state index in [-0.39, 0.29) is 6.10 Å². The molecule has 0 spiro atoms. The largest absolute Gasteiger partial charge is 0.489 e. The van der Waals surface area contributed by atoms with Gasteiger partial charge in [-0.05, 0) is 48.9 Å². The molecule has 2 N–H and O–H groups in total. The average molecular weight is 416 g/mol. The molecule has 0 amide bonds. The first-order chi connectivity index (χ1) is 15.1. The maximum atomic E-state index is 9.64. The van der Waals surface area contributed by atoms with Gasteiger partial charge in [0.1, 0.15) is 23.7 Å². The third kappa shape index (κ3) is 5.18. The molecule has 2 heterocycles. The number of benzene rings is 2. The van der Waals surface area contributed by atoms with Gasteiger partial charge < -0.3 is 19.9 Å². The number of aliphatic hydroxyl groups excluding tert-OH is 1. The van der Waals surface area contributed by atoms with Crippen LogP contribution in [-0.2, 0) is 4.74 Å². The molecule has 0 radical (unpaired) electrons. The topological polar surface area (TPSA) is 100 Å². The highest BCUT2D eigenvalue weighted by atomic mass is 16.5. The summed E-state index contributed by atoms with van der Waals surface area (Å²) in [6, 6.07) is 16.9. The first kappa shape index (κ1) is 20.8. The maximum Gasteiger partial charge on any atom is 0.161 e. The highest BCUT2D eigenvalue weighted by Crippen LogP contribution is 2.28. The van der Waals surface area contributed by atoms with Crippen molar-refractivity contribution in [2.45, 2.75) is 32.0 Å². The first-order valence-corrected chi connectivity index (χ1v) is 10.3. The molecule has 7 heteroatoms. The van der Waals surface area contributed by atoms with E-state index in [1.165, 1.54) is 0 Å². The van der Waals surface area contributed by atoms with Gasteiger partial charge in [-0.2, -0.15) is 5.26 Å². The summed E-state index contributed by atoms with van der Waals surface area (Å²) in [7, 11) is 0. The van der Waals surface area contributed by atoms with Gasteiger partial charge in [-0.25, -0.2) is 9.97 Å². The van der Waals surface area contributed by atoms with Crippen molar-refractivity contribution in [1.29, 1.82) is 5.26 Å². The zero-order chi connectivity index (χ0) is 21.6. The molecule has 1 saturated heterocycles.